The summed E-state index contributed by atoms with van der Waals surface area (Å²) >= 11 is 0. The quantitative estimate of drug-likeness (QED) is 0.188. The lowest BCUT2D eigenvalue weighted by molar-refractivity contribution is 0.111. The molecular formula is C34H40FN3O5. The summed E-state index contributed by atoms with van der Waals surface area (Å²) in [7, 11) is 6.93. The van der Waals surface area contributed by atoms with Crippen LogP contribution in [0.5, 0.6) is 0 Å². The summed E-state index contributed by atoms with van der Waals surface area (Å²) in [4.78, 5) is 34.8. The van der Waals surface area contributed by atoms with Crippen LogP contribution in [0.25, 0.3) is 33.4 Å². The molecule has 0 saturated carbocycles. The lowest BCUT2D eigenvalue weighted by Gasteiger charge is -2.11. The molecule has 0 bridgehead atoms. The van der Waals surface area contributed by atoms with Gasteiger partial charge in [0.2, 0.25) is 0 Å². The fraction of sp³-hybridized carbons (Fsp3) is 0.265. The molecule has 0 aliphatic carbocycles. The molecule has 0 atom stereocenters. The molecule has 1 heterocycles. The SMILES string of the molecule is C=C(NC)C(C)C.CNC.COC(=O)NCCc1cc2oc(-c3ccc(F)cc3)c(C=O)c2cc1-c1cccc(C=O)c1. The molecular weight excluding hydrogens is 549 g/mol. The van der Waals surface area contributed by atoms with Crippen LogP contribution in [-0.4, -0.2) is 53.5 Å². The van der Waals surface area contributed by atoms with Crippen LogP contribution < -0.4 is 16.0 Å². The highest BCUT2D eigenvalue weighted by Gasteiger charge is 2.19. The van der Waals surface area contributed by atoms with Gasteiger partial charge in [0, 0.05) is 35.8 Å². The number of rotatable bonds is 9. The number of aldehydes is 2. The smallest absolute Gasteiger partial charge is 0.406 e. The normalized spacial score (nSPS) is 10.1. The Hall–Kier alpha value is -4.76. The van der Waals surface area contributed by atoms with Gasteiger partial charge in [-0.15, -0.1) is 0 Å². The second-order valence-corrected chi connectivity index (χ2v) is 9.82. The third-order valence-electron chi connectivity index (χ3n) is 6.38. The van der Waals surface area contributed by atoms with Gasteiger partial charge in [0.1, 0.15) is 23.4 Å². The topological polar surface area (TPSA) is 110 Å². The van der Waals surface area contributed by atoms with E-state index < -0.39 is 6.09 Å². The van der Waals surface area contributed by atoms with Crippen LogP contribution in [0, 0.1) is 11.7 Å². The van der Waals surface area contributed by atoms with Crippen molar-refractivity contribution in [1.82, 2.24) is 16.0 Å². The van der Waals surface area contributed by atoms with Crippen LogP contribution >= 0.6 is 0 Å². The Morgan fingerprint density at radius 1 is 1.00 bits per heavy atom. The summed E-state index contributed by atoms with van der Waals surface area (Å²) in [5.41, 5.74) is 5.46. The van der Waals surface area contributed by atoms with E-state index in [1.165, 1.54) is 19.2 Å². The van der Waals surface area contributed by atoms with Crippen molar-refractivity contribution in [3.63, 3.8) is 0 Å². The maximum atomic E-state index is 13.4. The van der Waals surface area contributed by atoms with E-state index in [1.807, 2.05) is 39.3 Å². The van der Waals surface area contributed by atoms with E-state index in [4.69, 9.17) is 4.42 Å². The second-order valence-electron chi connectivity index (χ2n) is 9.82. The Labute approximate surface area is 252 Å². The number of carbonyl (C=O) groups is 3. The number of methoxy groups -OCH3 is 1. The van der Waals surface area contributed by atoms with Gasteiger partial charge in [-0.25, -0.2) is 9.18 Å². The van der Waals surface area contributed by atoms with Crippen molar-refractivity contribution < 1.29 is 27.9 Å². The molecule has 0 unspecified atom stereocenters. The van der Waals surface area contributed by atoms with Gasteiger partial charge in [-0.3, -0.25) is 9.59 Å². The minimum atomic E-state index is -0.541. The van der Waals surface area contributed by atoms with E-state index >= 15 is 0 Å². The molecule has 228 valence electrons. The summed E-state index contributed by atoms with van der Waals surface area (Å²) in [5, 5.41) is 8.97. The standard InChI is InChI=1S/C26H20FNO5.C6H13N.C2H7N/c1-32-26(31)28-10-9-19-12-24-22(13-21(19)18-4-2-3-16(11-18)14-29)23(15-30)25(33-24)17-5-7-20(27)8-6-17;1-5(2)6(3)7-4;1-3-2/h2-8,11-15H,9-10H2,1H3,(H,28,31);5,7H,3H2,1-2,4H3;3H,1-2H3. The van der Waals surface area contributed by atoms with Crippen molar-refractivity contribution in [2.45, 2.75) is 20.3 Å². The second kappa shape index (κ2) is 17.3. The number of benzene rings is 3. The van der Waals surface area contributed by atoms with Crippen LogP contribution in [0.3, 0.4) is 0 Å². The molecule has 8 nitrogen and oxygen atoms in total. The highest BCUT2D eigenvalue weighted by atomic mass is 19.1. The molecule has 0 fully saturated rings. The first-order valence-corrected chi connectivity index (χ1v) is 13.8. The number of halogens is 1. The molecule has 0 aliphatic heterocycles. The maximum absolute atomic E-state index is 13.4. The highest BCUT2D eigenvalue weighted by molar-refractivity contribution is 6.04. The fourth-order valence-corrected chi connectivity index (χ4v) is 4.05. The Kier molecular flexibility index (Phi) is 13.8. The minimum Gasteiger partial charge on any atom is -0.455 e. The van der Waals surface area contributed by atoms with Crippen LogP contribution in [0.15, 0.2) is 77.4 Å². The molecule has 4 aromatic rings. The number of fused-ring (bicyclic) bond motifs is 1. The Morgan fingerprint density at radius 2 is 1.67 bits per heavy atom. The molecule has 0 radical (unpaired) electrons. The summed E-state index contributed by atoms with van der Waals surface area (Å²) in [6.45, 7) is 8.29. The van der Waals surface area contributed by atoms with Crippen molar-refractivity contribution in [2.24, 2.45) is 5.92 Å². The third-order valence-corrected chi connectivity index (χ3v) is 6.38. The van der Waals surface area contributed by atoms with E-state index in [2.05, 4.69) is 41.1 Å². The first-order valence-electron chi connectivity index (χ1n) is 13.8. The Morgan fingerprint density at radius 3 is 2.21 bits per heavy atom. The average Bonchev–Trinajstić information content (AvgIpc) is 3.38. The van der Waals surface area contributed by atoms with Gasteiger partial charge in [-0.1, -0.05) is 38.6 Å². The number of hydrogen-bond acceptors (Lipinski definition) is 7. The molecule has 0 aliphatic rings. The molecule has 1 amide bonds. The van der Waals surface area contributed by atoms with Crippen LogP contribution in [0.1, 0.15) is 40.1 Å². The predicted octanol–water partition coefficient (Wildman–Crippen LogP) is 6.64. The lowest BCUT2D eigenvalue weighted by Crippen LogP contribution is -2.25. The van der Waals surface area contributed by atoms with Crippen molar-refractivity contribution in [3.05, 3.63) is 95.4 Å². The number of alkyl carbamates (subject to hydrolysis) is 1. The Balaban J connectivity index is 0.000000560. The number of nitrogens with one attached hydrogen (secondary N) is 3. The van der Waals surface area contributed by atoms with Gasteiger partial charge in [-0.2, -0.15) is 0 Å². The number of allylic oxidation sites excluding steroid dienone is 1. The molecule has 0 saturated heterocycles. The summed E-state index contributed by atoms with van der Waals surface area (Å²) in [5.74, 6) is 0.516. The maximum Gasteiger partial charge on any atom is 0.406 e. The largest absolute Gasteiger partial charge is 0.455 e. The summed E-state index contributed by atoms with van der Waals surface area (Å²) in [6, 6.07) is 16.5. The first-order chi connectivity index (χ1) is 20.6. The predicted molar refractivity (Wildman–Crippen MR) is 170 cm³/mol. The summed E-state index contributed by atoms with van der Waals surface area (Å²) < 4.78 is 24.0. The molecule has 43 heavy (non-hydrogen) atoms. The average molecular weight is 590 g/mol. The van der Waals surface area contributed by atoms with Crippen molar-refractivity contribution >= 4 is 29.6 Å². The van der Waals surface area contributed by atoms with Crippen molar-refractivity contribution in [1.29, 1.82) is 0 Å². The van der Waals surface area contributed by atoms with E-state index in [-0.39, 0.29) is 5.82 Å². The molecule has 9 heteroatoms. The monoisotopic (exact) mass is 589 g/mol. The highest BCUT2D eigenvalue weighted by Crippen LogP contribution is 2.37. The molecule has 0 spiro atoms. The number of furan rings is 1. The van der Waals surface area contributed by atoms with Crippen LogP contribution in [-0.2, 0) is 11.2 Å². The molecule has 4 rings (SSSR count). The van der Waals surface area contributed by atoms with Crippen LogP contribution in [0.4, 0.5) is 9.18 Å². The van der Waals surface area contributed by atoms with E-state index in [0.29, 0.717) is 58.6 Å². The van der Waals surface area contributed by atoms with Gasteiger partial charge in [0.15, 0.2) is 6.29 Å². The van der Waals surface area contributed by atoms with E-state index in [1.54, 1.807) is 30.3 Å². The van der Waals surface area contributed by atoms with Crippen LogP contribution in [0.2, 0.25) is 0 Å². The van der Waals surface area contributed by atoms with Gasteiger partial charge in [-0.05, 0) is 85.6 Å². The number of carbonyl (C=O) groups excluding carboxylic acids is 3. The van der Waals surface area contributed by atoms with E-state index in [0.717, 1.165) is 28.7 Å². The summed E-state index contributed by atoms with van der Waals surface area (Å²) in [6.07, 6.45) is 1.39. The van der Waals surface area contributed by atoms with Gasteiger partial charge >= 0.3 is 6.09 Å². The zero-order valence-corrected chi connectivity index (χ0v) is 25.5. The Bertz CT molecular complexity index is 1530. The third kappa shape index (κ3) is 9.65. The van der Waals surface area contributed by atoms with Gasteiger partial charge < -0.3 is 25.1 Å². The number of ether oxygens (including phenoxy) is 1. The van der Waals surface area contributed by atoms with Crippen molar-refractivity contribution in [3.8, 4) is 22.5 Å². The molecule has 3 N–H and O–H groups in total. The minimum absolute atomic E-state index is 0.310. The zero-order chi connectivity index (χ0) is 31.9. The van der Waals surface area contributed by atoms with Gasteiger partial charge in [0.05, 0.1) is 12.7 Å². The zero-order valence-electron chi connectivity index (χ0n) is 25.5. The number of hydrogen-bond donors (Lipinski definition) is 3. The lowest BCUT2D eigenvalue weighted by atomic mass is 9.94. The van der Waals surface area contributed by atoms with Gasteiger partial charge in [0.25, 0.3) is 0 Å². The van der Waals surface area contributed by atoms with E-state index in [9.17, 15) is 18.8 Å². The molecule has 3 aromatic carbocycles. The van der Waals surface area contributed by atoms with Crippen molar-refractivity contribution in [2.75, 3.05) is 34.8 Å². The fourth-order valence-electron chi connectivity index (χ4n) is 4.05. The number of amides is 1. The molecule has 1 aromatic heterocycles. The first kappa shape index (κ1) is 34.4.